The summed E-state index contributed by atoms with van der Waals surface area (Å²) in [5.74, 6) is 0.970. The lowest BCUT2D eigenvalue weighted by atomic mass is 10.2. The zero-order chi connectivity index (χ0) is 19.2. The van der Waals surface area contributed by atoms with E-state index in [9.17, 15) is 4.79 Å². The van der Waals surface area contributed by atoms with Gasteiger partial charge in [0.05, 0.1) is 24.9 Å². The molecular weight excluding hydrogens is 368 g/mol. The Kier molecular flexibility index (Phi) is 5.73. The molecule has 2 aromatic carbocycles. The summed E-state index contributed by atoms with van der Waals surface area (Å²) in [7, 11) is 3.07. The molecular formula is C19H17ClN4O3. The second kappa shape index (κ2) is 8.37. The number of benzene rings is 2. The molecule has 0 unspecified atom stereocenters. The number of para-hydroxylation sites is 1. The standard InChI is InChI=1S/C19H17ClN4O3/c1-26-16-8-7-12(11-17(16)27-2)22-18(25)15-9-10-21-19(24-15)23-14-6-4-3-5-13(14)20/h3-11H,1-2H3,(H,22,25)(H,21,23,24). The van der Waals surface area contributed by atoms with Crippen LogP contribution >= 0.6 is 11.6 Å². The molecule has 0 saturated heterocycles. The minimum absolute atomic E-state index is 0.203. The Balaban J connectivity index is 1.77. The molecule has 0 saturated carbocycles. The molecule has 0 radical (unpaired) electrons. The van der Waals surface area contributed by atoms with Crippen LogP contribution in [-0.2, 0) is 0 Å². The van der Waals surface area contributed by atoms with E-state index in [0.29, 0.717) is 27.9 Å². The summed E-state index contributed by atoms with van der Waals surface area (Å²) < 4.78 is 10.4. The van der Waals surface area contributed by atoms with Crippen molar-refractivity contribution in [1.29, 1.82) is 0 Å². The van der Waals surface area contributed by atoms with E-state index in [1.54, 1.807) is 37.4 Å². The fourth-order valence-corrected chi connectivity index (χ4v) is 2.52. The Bertz CT molecular complexity index is 965. The summed E-state index contributed by atoms with van der Waals surface area (Å²) in [5, 5.41) is 6.29. The van der Waals surface area contributed by atoms with Crippen LogP contribution in [0.25, 0.3) is 0 Å². The summed E-state index contributed by atoms with van der Waals surface area (Å²) in [6.45, 7) is 0. The van der Waals surface area contributed by atoms with Gasteiger partial charge in [-0.3, -0.25) is 4.79 Å². The van der Waals surface area contributed by atoms with Gasteiger partial charge in [0.2, 0.25) is 5.95 Å². The van der Waals surface area contributed by atoms with Crippen LogP contribution in [0.15, 0.2) is 54.7 Å². The maximum absolute atomic E-state index is 12.5. The van der Waals surface area contributed by atoms with Crippen molar-refractivity contribution in [2.45, 2.75) is 0 Å². The number of carbonyl (C=O) groups is 1. The summed E-state index contributed by atoms with van der Waals surface area (Å²) >= 11 is 6.12. The van der Waals surface area contributed by atoms with E-state index in [4.69, 9.17) is 21.1 Å². The van der Waals surface area contributed by atoms with Gasteiger partial charge in [-0.15, -0.1) is 0 Å². The van der Waals surface area contributed by atoms with Gasteiger partial charge < -0.3 is 20.1 Å². The van der Waals surface area contributed by atoms with Crippen LogP contribution in [0.5, 0.6) is 11.5 Å². The van der Waals surface area contributed by atoms with Crippen molar-refractivity contribution in [3.8, 4) is 11.5 Å². The average Bonchev–Trinajstić information content (AvgIpc) is 2.70. The molecule has 0 atom stereocenters. The zero-order valence-corrected chi connectivity index (χ0v) is 15.4. The molecule has 1 aromatic heterocycles. The summed E-state index contributed by atoms with van der Waals surface area (Å²) in [4.78, 5) is 20.9. The van der Waals surface area contributed by atoms with Gasteiger partial charge in [-0.25, -0.2) is 9.97 Å². The summed E-state index contributed by atoms with van der Waals surface area (Å²) in [6.07, 6.45) is 1.50. The molecule has 2 N–H and O–H groups in total. The first-order valence-corrected chi connectivity index (χ1v) is 8.36. The normalized spacial score (nSPS) is 10.2. The molecule has 0 spiro atoms. The Hall–Kier alpha value is -3.32. The lowest BCUT2D eigenvalue weighted by Gasteiger charge is -2.11. The Labute approximate surface area is 161 Å². The number of hydrogen-bond acceptors (Lipinski definition) is 6. The number of aromatic nitrogens is 2. The minimum Gasteiger partial charge on any atom is -0.493 e. The number of methoxy groups -OCH3 is 2. The monoisotopic (exact) mass is 384 g/mol. The third-order valence-corrected chi connectivity index (χ3v) is 3.98. The van der Waals surface area contributed by atoms with Crippen molar-refractivity contribution in [1.82, 2.24) is 9.97 Å². The quantitative estimate of drug-likeness (QED) is 0.664. The van der Waals surface area contributed by atoms with Gasteiger partial charge in [0.1, 0.15) is 5.69 Å². The SMILES string of the molecule is COc1ccc(NC(=O)c2ccnc(Nc3ccccc3Cl)n2)cc1OC. The maximum Gasteiger partial charge on any atom is 0.274 e. The van der Waals surface area contributed by atoms with Crippen molar-refractivity contribution in [2.24, 2.45) is 0 Å². The number of halogens is 1. The maximum atomic E-state index is 12.5. The summed E-state index contributed by atoms with van der Waals surface area (Å²) in [5.41, 5.74) is 1.41. The lowest BCUT2D eigenvalue weighted by molar-refractivity contribution is 0.102. The number of hydrogen-bond donors (Lipinski definition) is 2. The first-order chi connectivity index (χ1) is 13.1. The molecule has 8 heteroatoms. The molecule has 7 nitrogen and oxygen atoms in total. The van der Waals surface area contributed by atoms with Gasteiger partial charge in [-0.1, -0.05) is 23.7 Å². The second-order valence-electron chi connectivity index (χ2n) is 5.39. The highest BCUT2D eigenvalue weighted by atomic mass is 35.5. The molecule has 3 rings (SSSR count). The smallest absolute Gasteiger partial charge is 0.274 e. The number of ether oxygens (including phenoxy) is 2. The van der Waals surface area contributed by atoms with Gasteiger partial charge in [-0.05, 0) is 30.3 Å². The van der Waals surface area contributed by atoms with Crippen LogP contribution in [0.1, 0.15) is 10.5 Å². The Morgan fingerprint density at radius 2 is 1.81 bits per heavy atom. The molecule has 27 heavy (non-hydrogen) atoms. The molecule has 1 heterocycles. The van der Waals surface area contributed by atoms with Gasteiger partial charge >= 0.3 is 0 Å². The Morgan fingerprint density at radius 3 is 2.56 bits per heavy atom. The van der Waals surface area contributed by atoms with Crippen LogP contribution in [0, 0.1) is 0 Å². The molecule has 0 aliphatic heterocycles. The lowest BCUT2D eigenvalue weighted by Crippen LogP contribution is -2.15. The van der Waals surface area contributed by atoms with E-state index >= 15 is 0 Å². The van der Waals surface area contributed by atoms with Gasteiger partial charge in [-0.2, -0.15) is 0 Å². The molecule has 0 fully saturated rings. The number of nitrogens with zero attached hydrogens (tertiary/aromatic N) is 2. The van der Waals surface area contributed by atoms with Crippen LogP contribution in [0.2, 0.25) is 5.02 Å². The Morgan fingerprint density at radius 1 is 1.04 bits per heavy atom. The highest BCUT2D eigenvalue weighted by Gasteiger charge is 2.12. The second-order valence-corrected chi connectivity index (χ2v) is 5.80. The van der Waals surface area contributed by atoms with Crippen LogP contribution < -0.4 is 20.1 Å². The first kappa shape index (κ1) is 18.5. The van der Waals surface area contributed by atoms with Gasteiger partial charge in [0.15, 0.2) is 11.5 Å². The van der Waals surface area contributed by atoms with Crippen molar-refractivity contribution >= 4 is 34.8 Å². The molecule has 0 aliphatic carbocycles. The molecule has 0 aliphatic rings. The largest absolute Gasteiger partial charge is 0.493 e. The van der Waals surface area contributed by atoms with Crippen molar-refractivity contribution < 1.29 is 14.3 Å². The fourth-order valence-electron chi connectivity index (χ4n) is 2.34. The third kappa shape index (κ3) is 4.45. The summed E-state index contributed by atoms with van der Waals surface area (Å²) in [6, 6.07) is 13.8. The fraction of sp³-hybridized carbons (Fsp3) is 0.105. The number of amides is 1. The van der Waals surface area contributed by atoms with Crippen LogP contribution in [0.4, 0.5) is 17.3 Å². The van der Waals surface area contributed by atoms with Crippen LogP contribution in [0.3, 0.4) is 0 Å². The van der Waals surface area contributed by atoms with E-state index in [1.807, 2.05) is 12.1 Å². The topological polar surface area (TPSA) is 85.4 Å². The molecule has 0 bridgehead atoms. The number of anilines is 3. The van der Waals surface area contributed by atoms with E-state index in [2.05, 4.69) is 20.6 Å². The predicted octanol–water partition coefficient (Wildman–Crippen LogP) is 4.14. The average molecular weight is 385 g/mol. The van der Waals surface area contributed by atoms with Crippen molar-refractivity contribution in [2.75, 3.05) is 24.9 Å². The highest BCUT2D eigenvalue weighted by Crippen LogP contribution is 2.30. The van der Waals surface area contributed by atoms with Gasteiger partial charge in [0, 0.05) is 18.0 Å². The van der Waals surface area contributed by atoms with Crippen molar-refractivity contribution in [3.63, 3.8) is 0 Å². The van der Waals surface area contributed by atoms with Crippen molar-refractivity contribution in [3.05, 3.63) is 65.4 Å². The highest BCUT2D eigenvalue weighted by molar-refractivity contribution is 6.33. The van der Waals surface area contributed by atoms with E-state index in [0.717, 1.165) is 0 Å². The number of nitrogens with one attached hydrogen (secondary N) is 2. The first-order valence-electron chi connectivity index (χ1n) is 7.98. The molecule has 3 aromatic rings. The predicted molar refractivity (Wildman–Crippen MR) is 104 cm³/mol. The third-order valence-electron chi connectivity index (χ3n) is 3.65. The molecule has 1 amide bonds. The van der Waals surface area contributed by atoms with E-state index in [-0.39, 0.29) is 17.5 Å². The number of carbonyl (C=O) groups excluding carboxylic acids is 1. The number of rotatable bonds is 6. The van der Waals surface area contributed by atoms with Gasteiger partial charge in [0.25, 0.3) is 5.91 Å². The van der Waals surface area contributed by atoms with E-state index < -0.39 is 0 Å². The zero-order valence-electron chi connectivity index (χ0n) is 14.7. The molecule has 138 valence electrons. The van der Waals surface area contributed by atoms with E-state index in [1.165, 1.54) is 19.4 Å². The van der Waals surface area contributed by atoms with Crippen LogP contribution in [-0.4, -0.2) is 30.1 Å². The minimum atomic E-state index is -0.383.